The fourth-order valence-corrected chi connectivity index (χ4v) is 6.14. The van der Waals surface area contributed by atoms with E-state index in [1.807, 2.05) is 18.2 Å². The van der Waals surface area contributed by atoms with Gasteiger partial charge in [-0.1, -0.05) is 205 Å². The average Bonchev–Trinajstić information content (AvgIpc) is 3.07. The zero-order valence-electron chi connectivity index (χ0n) is 30.7. The number of ether oxygens (including phenoxy) is 3. The van der Waals surface area contributed by atoms with Crippen molar-refractivity contribution < 1.29 is 19.0 Å². The molecule has 0 radical (unpaired) electrons. The van der Waals surface area contributed by atoms with Crippen molar-refractivity contribution in [1.82, 2.24) is 0 Å². The Morgan fingerprint density at radius 3 is 1.35 bits per heavy atom. The highest BCUT2D eigenvalue weighted by Crippen LogP contribution is 2.15. The Labute approximate surface area is 286 Å². The van der Waals surface area contributed by atoms with Crippen LogP contribution in [0, 0.1) is 0 Å². The van der Waals surface area contributed by atoms with Crippen molar-refractivity contribution in [3.8, 4) is 0 Å². The smallest absolute Gasteiger partial charge is 0.306 e. The summed E-state index contributed by atoms with van der Waals surface area (Å²) in [5, 5.41) is 0. The lowest BCUT2D eigenvalue weighted by Crippen LogP contribution is -2.28. The lowest BCUT2D eigenvalue weighted by atomic mass is 10.0. The van der Waals surface area contributed by atoms with Gasteiger partial charge in [0.2, 0.25) is 0 Å². The number of hydrogen-bond donors (Lipinski definition) is 0. The molecule has 0 amide bonds. The van der Waals surface area contributed by atoms with E-state index in [2.05, 4.69) is 26.0 Å². The Morgan fingerprint density at radius 2 is 0.891 bits per heavy atom. The minimum Gasteiger partial charge on any atom is -0.457 e. The minimum atomic E-state index is -0.343. The molecule has 0 spiro atoms. The van der Waals surface area contributed by atoms with Crippen molar-refractivity contribution in [2.45, 2.75) is 206 Å². The van der Waals surface area contributed by atoms with Crippen LogP contribution in [0.3, 0.4) is 0 Å². The first-order valence-corrected chi connectivity index (χ1v) is 20.1. The van der Waals surface area contributed by atoms with E-state index < -0.39 is 0 Å². The van der Waals surface area contributed by atoms with Crippen LogP contribution in [0.25, 0.3) is 0 Å². The summed E-state index contributed by atoms with van der Waals surface area (Å²) >= 11 is 0. The van der Waals surface area contributed by atoms with E-state index in [0.29, 0.717) is 26.2 Å². The van der Waals surface area contributed by atoms with Crippen LogP contribution in [0.5, 0.6) is 0 Å². The van der Waals surface area contributed by atoms with Crippen LogP contribution in [0.4, 0.5) is 0 Å². The quantitative estimate of drug-likeness (QED) is 0.0538. The standard InChI is InChI=1S/C42H76O4/c1-3-5-7-9-11-13-15-17-19-21-23-25-27-32-36-44-38-41(39-45-37-40-33-29-28-30-34-40)46-42(43)35-31-26-24-22-20-18-16-14-12-10-8-6-4-2/h28-30,33-34,41H,3-27,31-32,35-39H2,1-2H3/t41-/m0/s1. The van der Waals surface area contributed by atoms with Gasteiger partial charge in [0.15, 0.2) is 0 Å². The summed E-state index contributed by atoms with van der Waals surface area (Å²) in [7, 11) is 0. The Kier molecular flexibility index (Phi) is 32.4. The maximum absolute atomic E-state index is 12.6. The van der Waals surface area contributed by atoms with Crippen LogP contribution in [-0.2, 0) is 25.6 Å². The molecule has 1 aromatic rings. The van der Waals surface area contributed by atoms with Gasteiger partial charge in [-0.15, -0.1) is 0 Å². The van der Waals surface area contributed by atoms with Gasteiger partial charge < -0.3 is 14.2 Å². The molecule has 0 aliphatic heterocycles. The number of carbonyl (C=O) groups excluding carboxylic acids is 1. The Balaban J connectivity index is 2.10. The van der Waals surface area contributed by atoms with Crippen LogP contribution >= 0.6 is 0 Å². The van der Waals surface area contributed by atoms with E-state index in [1.54, 1.807) is 0 Å². The molecule has 46 heavy (non-hydrogen) atoms. The first-order chi connectivity index (χ1) is 22.8. The molecule has 4 heteroatoms. The molecular formula is C42H76O4. The van der Waals surface area contributed by atoms with Crippen LogP contribution in [0.2, 0.25) is 0 Å². The van der Waals surface area contributed by atoms with E-state index >= 15 is 0 Å². The van der Waals surface area contributed by atoms with Crippen LogP contribution in [0.15, 0.2) is 30.3 Å². The number of carbonyl (C=O) groups is 1. The molecule has 0 aromatic heterocycles. The normalized spacial score (nSPS) is 12.0. The summed E-state index contributed by atoms with van der Waals surface area (Å²) in [4.78, 5) is 12.6. The molecule has 0 saturated heterocycles. The molecule has 1 rings (SSSR count). The SMILES string of the molecule is CCCCCCCCCCCCCCCCOC[C@@H](COCc1ccccc1)OC(=O)CCCCCCCCCCCCCCC. The zero-order valence-corrected chi connectivity index (χ0v) is 30.7. The number of hydrogen-bond acceptors (Lipinski definition) is 4. The van der Waals surface area contributed by atoms with Crippen molar-refractivity contribution in [3.05, 3.63) is 35.9 Å². The second kappa shape index (κ2) is 34.9. The predicted molar refractivity (Wildman–Crippen MR) is 197 cm³/mol. The number of unbranched alkanes of at least 4 members (excludes halogenated alkanes) is 25. The molecule has 0 saturated carbocycles. The molecule has 0 bridgehead atoms. The topological polar surface area (TPSA) is 44.8 Å². The summed E-state index contributed by atoms with van der Waals surface area (Å²) in [5.74, 6) is -0.114. The van der Waals surface area contributed by atoms with Crippen molar-refractivity contribution in [2.24, 2.45) is 0 Å². The largest absolute Gasteiger partial charge is 0.457 e. The Bertz CT molecular complexity index is 736. The van der Waals surface area contributed by atoms with E-state index in [0.717, 1.165) is 31.4 Å². The Hall–Kier alpha value is -1.39. The third kappa shape index (κ3) is 30.0. The molecule has 0 fully saturated rings. The number of benzene rings is 1. The van der Waals surface area contributed by atoms with E-state index in [4.69, 9.17) is 14.2 Å². The summed E-state index contributed by atoms with van der Waals surface area (Å²) in [6.45, 7) is 6.60. The van der Waals surface area contributed by atoms with Gasteiger partial charge in [0.1, 0.15) is 6.10 Å². The van der Waals surface area contributed by atoms with Gasteiger partial charge in [0.05, 0.1) is 19.8 Å². The summed E-state index contributed by atoms with van der Waals surface area (Å²) in [6.07, 6.45) is 36.0. The van der Waals surface area contributed by atoms with Gasteiger partial charge >= 0.3 is 5.97 Å². The molecule has 268 valence electrons. The maximum atomic E-state index is 12.6. The summed E-state index contributed by atoms with van der Waals surface area (Å²) in [6, 6.07) is 10.2. The first-order valence-electron chi connectivity index (χ1n) is 20.1. The van der Waals surface area contributed by atoms with Crippen molar-refractivity contribution in [3.63, 3.8) is 0 Å². The second-order valence-corrected chi connectivity index (χ2v) is 13.8. The van der Waals surface area contributed by atoms with Gasteiger partial charge in [-0.25, -0.2) is 0 Å². The van der Waals surface area contributed by atoms with Crippen LogP contribution in [0.1, 0.15) is 199 Å². The number of rotatable bonds is 36. The monoisotopic (exact) mass is 645 g/mol. The Morgan fingerprint density at radius 1 is 0.500 bits per heavy atom. The molecular weight excluding hydrogens is 568 g/mol. The fraction of sp³-hybridized carbons (Fsp3) is 0.833. The lowest BCUT2D eigenvalue weighted by molar-refractivity contribution is -0.156. The van der Waals surface area contributed by atoms with Gasteiger partial charge in [0, 0.05) is 13.0 Å². The number of esters is 1. The molecule has 0 aliphatic carbocycles. The summed E-state index contributed by atoms with van der Waals surface area (Å²) in [5.41, 5.74) is 1.13. The van der Waals surface area contributed by atoms with E-state index in [9.17, 15) is 4.79 Å². The lowest BCUT2D eigenvalue weighted by Gasteiger charge is -2.18. The molecule has 0 heterocycles. The van der Waals surface area contributed by atoms with E-state index in [1.165, 1.54) is 154 Å². The van der Waals surface area contributed by atoms with Gasteiger partial charge in [-0.05, 0) is 18.4 Å². The fourth-order valence-electron chi connectivity index (χ4n) is 6.14. The zero-order chi connectivity index (χ0) is 33.0. The molecule has 4 nitrogen and oxygen atoms in total. The highest BCUT2D eigenvalue weighted by atomic mass is 16.6. The molecule has 0 unspecified atom stereocenters. The summed E-state index contributed by atoms with van der Waals surface area (Å²) < 4.78 is 17.7. The third-order valence-electron chi connectivity index (χ3n) is 9.14. The molecule has 1 atom stereocenters. The molecule has 1 aromatic carbocycles. The van der Waals surface area contributed by atoms with Crippen molar-refractivity contribution >= 4 is 5.97 Å². The van der Waals surface area contributed by atoms with Crippen molar-refractivity contribution in [2.75, 3.05) is 19.8 Å². The second-order valence-electron chi connectivity index (χ2n) is 13.8. The molecule has 0 N–H and O–H groups in total. The third-order valence-corrected chi connectivity index (χ3v) is 9.14. The minimum absolute atomic E-state index is 0.114. The van der Waals surface area contributed by atoms with E-state index in [-0.39, 0.29) is 12.1 Å². The van der Waals surface area contributed by atoms with Gasteiger partial charge in [-0.2, -0.15) is 0 Å². The van der Waals surface area contributed by atoms with Gasteiger partial charge in [0.25, 0.3) is 0 Å². The maximum Gasteiger partial charge on any atom is 0.306 e. The van der Waals surface area contributed by atoms with Crippen LogP contribution in [-0.4, -0.2) is 31.9 Å². The van der Waals surface area contributed by atoms with Gasteiger partial charge in [-0.3, -0.25) is 4.79 Å². The average molecular weight is 645 g/mol. The van der Waals surface area contributed by atoms with Crippen LogP contribution < -0.4 is 0 Å². The molecule has 0 aliphatic rings. The predicted octanol–water partition coefficient (Wildman–Crippen LogP) is 13.1. The van der Waals surface area contributed by atoms with Crippen molar-refractivity contribution in [1.29, 1.82) is 0 Å². The first kappa shape index (κ1) is 42.6. The highest BCUT2D eigenvalue weighted by molar-refractivity contribution is 5.69. The highest BCUT2D eigenvalue weighted by Gasteiger charge is 2.15.